The van der Waals surface area contributed by atoms with Crippen LogP contribution in [0.25, 0.3) is 0 Å². The first-order chi connectivity index (χ1) is 9.50. The van der Waals surface area contributed by atoms with Crippen LogP contribution in [0.3, 0.4) is 0 Å². The number of hydrogen-bond acceptors (Lipinski definition) is 2. The Balaban J connectivity index is -0.000000189. The maximum Gasteiger partial charge on any atom is 2.00 e. The van der Waals surface area contributed by atoms with Gasteiger partial charge in [0.2, 0.25) is 0 Å². The summed E-state index contributed by atoms with van der Waals surface area (Å²) in [5.41, 5.74) is 0. The topological polar surface area (TPSA) is 97.2 Å². The van der Waals surface area contributed by atoms with Gasteiger partial charge in [-0.3, -0.25) is 0 Å². The van der Waals surface area contributed by atoms with E-state index in [1.807, 2.05) is 30.3 Å². The summed E-state index contributed by atoms with van der Waals surface area (Å²) >= 11 is 0. The average molecular weight is 441 g/mol. The number of H-pyrrole nitrogens is 2. The molecule has 0 radical (unpaired) electrons. The van der Waals surface area contributed by atoms with Crippen LogP contribution >= 0.6 is 0 Å². The van der Waals surface area contributed by atoms with Crippen LogP contribution in [0.15, 0.2) is 67.8 Å². The molecule has 0 aliphatic heterocycles. The summed E-state index contributed by atoms with van der Waals surface area (Å²) in [4.78, 5) is 12.8. The van der Waals surface area contributed by atoms with Gasteiger partial charge in [0, 0.05) is 24.8 Å². The first kappa shape index (κ1) is 23.1. The van der Waals surface area contributed by atoms with Gasteiger partial charge in [-0.05, 0) is 0 Å². The fraction of sp³-hybridized carbons (Fsp3) is 0. The molecule has 6 nitrogen and oxygen atoms in total. The van der Waals surface area contributed by atoms with Gasteiger partial charge in [-0.1, -0.05) is 0 Å². The molecule has 0 amide bonds. The van der Waals surface area contributed by atoms with Gasteiger partial charge in [-0.2, -0.15) is 18.2 Å². The minimum Gasteiger partial charge on any atom is -0.351 e. The Morgan fingerprint density at radius 3 is 1.30 bits per heavy atom. The number of rotatable bonds is 0. The van der Waals surface area contributed by atoms with E-state index in [9.17, 15) is 0 Å². The van der Waals surface area contributed by atoms with Gasteiger partial charge in [0.1, 0.15) is 0 Å². The van der Waals surface area contributed by atoms with Gasteiger partial charge < -0.3 is 9.97 Å². The van der Waals surface area contributed by atoms with E-state index in [-0.39, 0.29) is 21.1 Å². The third-order valence-electron chi connectivity index (χ3n) is 1.37. The third-order valence-corrected chi connectivity index (χ3v) is 1.37. The maximum atomic E-state index is 7.50. The molecular weight excluding hydrogens is 428 g/mol. The molecule has 20 heavy (non-hydrogen) atoms. The largest absolute Gasteiger partial charge is 2.00 e. The van der Waals surface area contributed by atoms with Crippen LogP contribution in [0.1, 0.15) is 0 Å². The van der Waals surface area contributed by atoms with E-state index in [1.165, 1.54) is 0 Å². The number of aromatic amines is 2. The maximum absolute atomic E-state index is 7.50. The van der Waals surface area contributed by atoms with Crippen molar-refractivity contribution in [2.45, 2.75) is 0 Å². The molecule has 0 unspecified atom stereocenters. The number of nitrogens with one attached hydrogen (secondary N) is 2. The normalized spacial score (nSPS) is 6.20. The zero-order valence-corrected chi connectivity index (χ0v) is 13.4. The average Bonchev–Trinajstić information content (AvgIpc) is 3.31. The molecule has 0 saturated heterocycles. The minimum atomic E-state index is 0. The van der Waals surface area contributed by atoms with Crippen molar-refractivity contribution in [1.29, 1.82) is 0 Å². The molecule has 0 saturated carbocycles. The standard InChI is InChI=1S/C5H5.2C3H4N2.2CO.W/c1-2-4-5-3-1;2*1-2-5-3-4-1;2*1-2;/h1-5H;2*1-3H,(H,4,5);;;/q-1;;;;;+2. The zero-order valence-electron chi connectivity index (χ0n) is 10.5. The summed E-state index contributed by atoms with van der Waals surface area (Å²) in [5, 5.41) is 0. The van der Waals surface area contributed by atoms with E-state index < -0.39 is 0 Å². The van der Waals surface area contributed by atoms with Crippen molar-refractivity contribution in [1.82, 2.24) is 19.9 Å². The van der Waals surface area contributed by atoms with Crippen molar-refractivity contribution in [3.05, 3.63) is 81.1 Å². The molecular formula is C13H13N4O2W+. The van der Waals surface area contributed by atoms with Crippen molar-refractivity contribution in [2.75, 3.05) is 0 Å². The number of nitrogens with zero attached hydrogens (tertiary/aromatic N) is 2. The Morgan fingerprint density at radius 1 is 0.800 bits per heavy atom. The molecule has 102 valence electrons. The van der Waals surface area contributed by atoms with Gasteiger partial charge in [0.15, 0.2) is 0 Å². The van der Waals surface area contributed by atoms with Crippen molar-refractivity contribution >= 4 is 0 Å². The van der Waals surface area contributed by atoms with Crippen molar-refractivity contribution in [2.24, 2.45) is 0 Å². The molecule has 2 N–H and O–H groups in total. The summed E-state index contributed by atoms with van der Waals surface area (Å²) in [7, 11) is 0. The molecule has 0 bridgehead atoms. The first-order valence-corrected chi connectivity index (χ1v) is 4.93. The SMILES string of the molecule is [C-]#[O+].[C-]#[O+].[W+2].c1c[nH]cn1.c1c[nH]cn1.c1cc[cH-]c1. The van der Waals surface area contributed by atoms with Crippen molar-refractivity contribution < 1.29 is 30.4 Å². The molecule has 3 rings (SSSR count). The predicted molar refractivity (Wildman–Crippen MR) is 67.1 cm³/mol. The first-order valence-electron chi connectivity index (χ1n) is 4.93. The van der Waals surface area contributed by atoms with E-state index in [4.69, 9.17) is 9.30 Å². The zero-order chi connectivity index (χ0) is 14.6. The molecule has 3 aromatic rings. The van der Waals surface area contributed by atoms with E-state index >= 15 is 0 Å². The smallest absolute Gasteiger partial charge is 0.351 e. The number of hydrogen-bond donors (Lipinski definition) is 2. The Bertz CT molecular complexity index is 327. The summed E-state index contributed by atoms with van der Waals surface area (Å²) in [6, 6.07) is 10.0. The van der Waals surface area contributed by atoms with Gasteiger partial charge in [0.05, 0.1) is 12.7 Å². The molecule has 7 heteroatoms. The Hall–Kier alpha value is -2.06. The van der Waals surface area contributed by atoms with Crippen LogP contribution in [0, 0.1) is 13.3 Å². The van der Waals surface area contributed by atoms with Gasteiger partial charge in [-0.15, -0.1) is 0 Å². The Kier molecular flexibility index (Phi) is 29.6. The second kappa shape index (κ2) is 25.7. The van der Waals surface area contributed by atoms with Crippen LogP contribution in [-0.4, -0.2) is 19.9 Å². The fourth-order valence-corrected chi connectivity index (χ4v) is 0.751. The van der Waals surface area contributed by atoms with Crippen molar-refractivity contribution in [3.8, 4) is 0 Å². The van der Waals surface area contributed by atoms with Gasteiger partial charge in [0.25, 0.3) is 0 Å². The molecule has 1 aromatic carbocycles. The van der Waals surface area contributed by atoms with E-state index in [1.54, 1.807) is 37.4 Å². The van der Waals surface area contributed by atoms with Crippen LogP contribution in [-0.2, 0) is 30.4 Å². The summed E-state index contributed by atoms with van der Waals surface area (Å²) < 4.78 is 15.0. The van der Waals surface area contributed by atoms with E-state index in [0.717, 1.165) is 0 Å². The third kappa shape index (κ3) is 21.2. The Labute approximate surface area is 131 Å². The summed E-state index contributed by atoms with van der Waals surface area (Å²) in [6.07, 6.45) is 10.2. The number of imidazole rings is 2. The molecule has 0 spiro atoms. The monoisotopic (exact) mass is 441 g/mol. The minimum absolute atomic E-state index is 0. The molecule has 0 aliphatic rings. The van der Waals surface area contributed by atoms with Crippen molar-refractivity contribution in [3.63, 3.8) is 0 Å². The quantitative estimate of drug-likeness (QED) is 0.413. The molecule has 2 aromatic heterocycles. The predicted octanol–water partition coefficient (Wildman–Crippen LogP) is 2.15. The van der Waals surface area contributed by atoms with E-state index in [0.29, 0.717) is 0 Å². The summed E-state index contributed by atoms with van der Waals surface area (Å²) in [6.45, 7) is 9.00. The van der Waals surface area contributed by atoms with Crippen LogP contribution in [0.5, 0.6) is 0 Å². The van der Waals surface area contributed by atoms with Crippen LogP contribution in [0.2, 0.25) is 0 Å². The molecule has 2 heterocycles. The van der Waals surface area contributed by atoms with Crippen LogP contribution < -0.4 is 0 Å². The Morgan fingerprint density at radius 2 is 1.20 bits per heavy atom. The fourth-order valence-electron chi connectivity index (χ4n) is 0.751. The number of aromatic nitrogens is 4. The second-order valence-corrected chi connectivity index (χ2v) is 2.48. The summed E-state index contributed by atoms with van der Waals surface area (Å²) in [5.74, 6) is 0. The van der Waals surface area contributed by atoms with E-state index in [2.05, 4.69) is 33.2 Å². The van der Waals surface area contributed by atoms with Gasteiger partial charge >= 0.3 is 43.7 Å². The second-order valence-electron chi connectivity index (χ2n) is 2.48. The van der Waals surface area contributed by atoms with Crippen LogP contribution in [0.4, 0.5) is 0 Å². The van der Waals surface area contributed by atoms with Gasteiger partial charge in [-0.25, -0.2) is 22.1 Å². The molecule has 0 aliphatic carbocycles. The molecule has 0 atom stereocenters. The molecule has 0 fully saturated rings.